The number of anilines is 1. The third kappa shape index (κ3) is 2.90. The van der Waals surface area contributed by atoms with Gasteiger partial charge in [-0.3, -0.25) is 4.90 Å². The van der Waals surface area contributed by atoms with Crippen LogP contribution in [-0.2, 0) is 11.3 Å². The molecule has 1 aliphatic carbocycles. The lowest BCUT2D eigenvalue weighted by molar-refractivity contribution is -0.0911. The summed E-state index contributed by atoms with van der Waals surface area (Å²) in [7, 11) is 0. The van der Waals surface area contributed by atoms with Crippen molar-refractivity contribution in [1.29, 1.82) is 0 Å². The lowest BCUT2D eigenvalue weighted by Crippen LogP contribution is -2.52. The monoisotopic (exact) mass is 264 g/mol. The molecule has 1 saturated carbocycles. The molecule has 104 valence electrons. The van der Waals surface area contributed by atoms with Crippen molar-refractivity contribution >= 4 is 5.69 Å². The van der Waals surface area contributed by atoms with Crippen LogP contribution in [0, 0.1) is 5.82 Å². The van der Waals surface area contributed by atoms with Gasteiger partial charge in [-0.1, -0.05) is 12.8 Å². The molecule has 1 saturated heterocycles. The van der Waals surface area contributed by atoms with E-state index >= 15 is 0 Å². The molecule has 2 atom stereocenters. The fourth-order valence-corrected chi connectivity index (χ4v) is 3.37. The smallest absolute Gasteiger partial charge is 0.125 e. The summed E-state index contributed by atoms with van der Waals surface area (Å²) in [5.74, 6) is -0.247. The zero-order chi connectivity index (χ0) is 13.2. The minimum absolute atomic E-state index is 0.247. The zero-order valence-corrected chi connectivity index (χ0v) is 11.1. The predicted octanol–water partition coefficient (Wildman–Crippen LogP) is 2.55. The Balaban J connectivity index is 1.74. The summed E-state index contributed by atoms with van der Waals surface area (Å²) in [6.45, 7) is 2.48. The van der Waals surface area contributed by atoms with Gasteiger partial charge in [-0.15, -0.1) is 0 Å². The Morgan fingerprint density at radius 2 is 2.11 bits per heavy atom. The van der Waals surface area contributed by atoms with Crippen LogP contribution in [0.5, 0.6) is 0 Å². The number of halogens is 1. The van der Waals surface area contributed by atoms with E-state index in [1.54, 1.807) is 6.07 Å². The summed E-state index contributed by atoms with van der Waals surface area (Å²) in [4.78, 5) is 2.43. The van der Waals surface area contributed by atoms with Crippen LogP contribution in [0.15, 0.2) is 18.2 Å². The number of nitrogens with two attached hydrogens (primary N) is 1. The normalized spacial score (nSPS) is 28.1. The lowest BCUT2D eigenvalue weighted by atomic mass is 9.90. The first kappa shape index (κ1) is 12.9. The van der Waals surface area contributed by atoms with Crippen molar-refractivity contribution in [2.75, 3.05) is 18.9 Å². The molecule has 0 bridgehead atoms. The molecule has 1 aromatic rings. The molecule has 0 radical (unpaired) electrons. The van der Waals surface area contributed by atoms with Gasteiger partial charge in [0.1, 0.15) is 5.82 Å². The topological polar surface area (TPSA) is 38.5 Å². The minimum atomic E-state index is -0.247. The Kier molecular flexibility index (Phi) is 3.71. The van der Waals surface area contributed by atoms with Crippen LogP contribution in [-0.4, -0.2) is 30.2 Å². The number of rotatable bonds is 2. The minimum Gasteiger partial charge on any atom is -0.399 e. The van der Waals surface area contributed by atoms with E-state index in [9.17, 15) is 4.39 Å². The highest BCUT2D eigenvalue weighted by Gasteiger charge is 2.33. The highest BCUT2D eigenvalue weighted by atomic mass is 19.1. The molecule has 0 aromatic heterocycles. The molecule has 1 aliphatic heterocycles. The molecule has 2 aliphatic rings. The second-order valence-corrected chi connectivity index (χ2v) is 5.62. The Bertz CT molecular complexity index is 430. The molecule has 0 spiro atoms. The van der Waals surface area contributed by atoms with Crippen LogP contribution in [0.1, 0.15) is 31.2 Å². The average molecular weight is 264 g/mol. The molecule has 4 heteroatoms. The first-order chi connectivity index (χ1) is 9.22. The van der Waals surface area contributed by atoms with Crippen molar-refractivity contribution in [3.8, 4) is 0 Å². The summed E-state index contributed by atoms with van der Waals surface area (Å²) in [5, 5.41) is 0. The molecule has 1 heterocycles. The van der Waals surface area contributed by atoms with Gasteiger partial charge in [0.2, 0.25) is 0 Å². The third-order valence-electron chi connectivity index (χ3n) is 4.21. The first-order valence-electron chi connectivity index (χ1n) is 7.13. The molecule has 0 amide bonds. The highest BCUT2D eigenvalue weighted by molar-refractivity contribution is 5.41. The molecule has 2 unspecified atom stereocenters. The molecule has 19 heavy (non-hydrogen) atoms. The molecule has 2 fully saturated rings. The maximum atomic E-state index is 13.4. The Morgan fingerprint density at radius 3 is 2.95 bits per heavy atom. The molecule has 3 rings (SSSR count). The second-order valence-electron chi connectivity index (χ2n) is 5.62. The van der Waals surface area contributed by atoms with Gasteiger partial charge in [-0.2, -0.15) is 0 Å². The summed E-state index contributed by atoms with van der Waals surface area (Å²) < 4.78 is 19.2. The van der Waals surface area contributed by atoms with Crippen LogP contribution in [0.2, 0.25) is 0 Å². The van der Waals surface area contributed by atoms with Gasteiger partial charge >= 0.3 is 0 Å². The van der Waals surface area contributed by atoms with Crippen LogP contribution >= 0.6 is 0 Å². The highest BCUT2D eigenvalue weighted by Crippen LogP contribution is 2.29. The Hall–Kier alpha value is -1.13. The van der Waals surface area contributed by atoms with E-state index in [2.05, 4.69) is 4.90 Å². The van der Waals surface area contributed by atoms with E-state index in [1.165, 1.54) is 25.3 Å². The Morgan fingerprint density at radius 1 is 1.26 bits per heavy atom. The number of fused-ring (bicyclic) bond motifs is 1. The van der Waals surface area contributed by atoms with Gasteiger partial charge in [-0.05, 0) is 36.6 Å². The largest absolute Gasteiger partial charge is 0.399 e. The van der Waals surface area contributed by atoms with Gasteiger partial charge < -0.3 is 10.5 Å². The van der Waals surface area contributed by atoms with E-state index in [1.807, 2.05) is 6.07 Å². The number of nitrogen functional groups attached to an aromatic ring is 1. The summed E-state index contributed by atoms with van der Waals surface area (Å²) in [6.07, 6.45) is 5.25. The van der Waals surface area contributed by atoms with E-state index < -0.39 is 0 Å². The van der Waals surface area contributed by atoms with Crippen molar-refractivity contribution in [2.45, 2.75) is 44.4 Å². The zero-order valence-electron chi connectivity index (χ0n) is 11.1. The Labute approximate surface area is 113 Å². The first-order valence-corrected chi connectivity index (χ1v) is 7.13. The maximum Gasteiger partial charge on any atom is 0.125 e. The summed E-state index contributed by atoms with van der Waals surface area (Å²) in [6, 6.07) is 5.32. The van der Waals surface area contributed by atoms with Crippen molar-refractivity contribution in [1.82, 2.24) is 4.90 Å². The SMILES string of the molecule is Nc1cc(F)cc(CN2CCOC3CCCCC32)c1. The van der Waals surface area contributed by atoms with Crippen LogP contribution in [0.3, 0.4) is 0 Å². The molecule has 1 aromatic carbocycles. The second kappa shape index (κ2) is 5.47. The molecule has 2 N–H and O–H groups in total. The van der Waals surface area contributed by atoms with Crippen LogP contribution in [0.4, 0.5) is 10.1 Å². The fourth-order valence-electron chi connectivity index (χ4n) is 3.37. The lowest BCUT2D eigenvalue weighted by Gasteiger charge is -2.43. The number of hydrogen-bond acceptors (Lipinski definition) is 3. The maximum absolute atomic E-state index is 13.4. The molecular formula is C15H21FN2O. The van der Waals surface area contributed by atoms with Crippen LogP contribution in [0.25, 0.3) is 0 Å². The molecule has 3 nitrogen and oxygen atoms in total. The quantitative estimate of drug-likeness (QED) is 0.834. The summed E-state index contributed by atoms with van der Waals surface area (Å²) in [5.41, 5.74) is 7.18. The number of ether oxygens (including phenoxy) is 1. The van der Waals surface area contributed by atoms with Crippen molar-refractivity contribution in [3.05, 3.63) is 29.6 Å². The average Bonchev–Trinajstić information content (AvgIpc) is 2.38. The fraction of sp³-hybridized carbons (Fsp3) is 0.600. The van der Waals surface area contributed by atoms with Gasteiger partial charge in [0.15, 0.2) is 0 Å². The van der Waals surface area contributed by atoms with E-state index in [0.717, 1.165) is 31.7 Å². The van der Waals surface area contributed by atoms with Gasteiger partial charge in [0.25, 0.3) is 0 Å². The van der Waals surface area contributed by atoms with Gasteiger partial charge in [0.05, 0.1) is 12.7 Å². The van der Waals surface area contributed by atoms with Crippen LogP contribution < -0.4 is 5.73 Å². The number of hydrogen-bond donors (Lipinski definition) is 1. The van der Waals surface area contributed by atoms with Crippen molar-refractivity contribution < 1.29 is 9.13 Å². The van der Waals surface area contributed by atoms with E-state index in [0.29, 0.717) is 17.8 Å². The number of morpholine rings is 1. The van der Waals surface area contributed by atoms with Gasteiger partial charge in [0, 0.05) is 24.8 Å². The predicted molar refractivity (Wildman–Crippen MR) is 73.2 cm³/mol. The van der Waals surface area contributed by atoms with Crippen molar-refractivity contribution in [2.24, 2.45) is 0 Å². The standard InChI is InChI=1S/C15H21FN2O/c16-12-7-11(8-13(17)9-12)10-18-5-6-19-15-4-2-1-3-14(15)18/h7-9,14-15H,1-6,10,17H2. The third-order valence-corrected chi connectivity index (χ3v) is 4.21. The number of nitrogens with zero attached hydrogens (tertiary/aromatic N) is 1. The number of benzene rings is 1. The van der Waals surface area contributed by atoms with E-state index in [4.69, 9.17) is 10.5 Å². The molecular weight excluding hydrogens is 243 g/mol. The summed E-state index contributed by atoms with van der Waals surface area (Å²) >= 11 is 0. The van der Waals surface area contributed by atoms with E-state index in [-0.39, 0.29) is 5.82 Å². The van der Waals surface area contributed by atoms with Gasteiger partial charge in [-0.25, -0.2) is 4.39 Å². The van der Waals surface area contributed by atoms with Crippen molar-refractivity contribution in [3.63, 3.8) is 0 Å².